The van der Waals surface area contributed by atoms with E-state index in [-0.39, 0.29) is 31.1 Å². The molecule has 0 spiro atoms. The van der Waals surface area contributed by atoms with Gasteiger partial charge in [0, 0.05) is 51.4 Å². The Labute approximate surface area is 221 Å². The van der Waals surface area contributed by atoms with Crippen LogP contribution in [0.4, 0.5) is 22.8 Å². The number of urea groups is 1. The van der Waals surface area contributed by atoms with Crippen molar-refractivity contribution in [3.8, 4) is 0 Å². The van der Waals surface area contributed by atoms with Crippen LogP contribution >= 0.6 is 0 Å². The van der Waals surface area contributed by atoms with E-state index in [1.54, 1.807) is 11.0 Å². The van der Waals surface area contributed by atoms with Crippen molar-refractivity contribution in [3.05, 3.63) is 35.4 Å². The Hall–Kier alpha value is -2.57. The SMILES string of the molecule is CNC[C@H](CC1CCOCC1)NC(=O)N1CCC[C@@H](C(OCCNC(=O)O)c2cccc(C(F)(F)F)c2)C1. The summed E-state index contributed by atoms with van der Waals surface area (Å²) in [6.07, 6.45) is -2.31. The summed E-state index contributed by atoms with van der Waals surface area (Å²) < 4.78 is 51.6. The molecule has 3 amide bonds. The van der Waals surface area contributed by atoms with Gasteiger partial charge in [0.05, 0.1) is 18.3 Å². The second kappa shape index (κ2) is 14.5. The fraction of sp³-hybridized carbons (Fsp3) is 0.692. The van der Waals surface area contributed by atoms with Crippen LogP contribution in [-0.4, -0.2) is 81.2 Å². The number of alkyl halides is 3. The van der Waals surface area contributed by atoms with Gasteiger partial charge in [-0.1, -0.05) is 12.1 Å². The van der Waals surface area contributed by atoms with E-state index >= 15 is 0 Å². The number of rotatable bonds is 11. The lowest BCUT2D eigenvalue weighted by Gasteiger charge is -2.38. The highest BCUT2D eigenvalue weighted by Gasteiger charge is 2.35. The van der Waals surface area contributed by atoms with Crippen molar-refractivity contribution in [1.82, 2.24) is 20.9 Å². The van der Waals surface area contributed by atoms with Crippen molar-refractivity contribution in [2.24, 2.45) is 11.8 Å². The van der Waals surface area contributed by atoms with Gasteiger partial charge in [-0.05, 0) is 62.8 Å². The first-order valence-corrected chi connectivity index (χ1v) is 13.2. The first-order chi connectivity index (χ1) is 18.2. The van der Waals surface area contributed by atoms with E-state index in [4.69, 9.17) is 14.6 Å². The predicted octanol–water partition coefficient (Wildman–Crippen LogP) is 3.86. The van der Waals surface area contributed by atoms with E-state index in [2.05, 4.69) is 16.0 Å². The minimum Gasteiger partial charge on any atom is -0.465 e. The Balaban J connectivity index is 1.69. The number of hydrogen-bond acceptors (Lipinski definition) is 5. The van der Waals surface area contributed by atoms with Crippen LogP contribution in [0.2, 0.25) is 0 Å². The molecule has 0 aromatic heterocycles. The van der Waals surface area contributed by atoms with Crippen LogP contribution in [0.25, 0.3) is 0 Å². The van der Waals surface area contributed by atoms with Crippen molar-refractivity contribution < 1.29 is 37.3 Å². The molecule has 1 aromatic carbocycles. The third-order valence-corrected chi connectivity index (χ3v) is 7.13. The molecule has 1 aromatic rings. The molecule has 214 valence electrons. The second-order valence-electron chi connectivity index (χ2n) is 9.99. The van der Waals surface area contributed by atoms with E-state index in [0.717, 1.165) is 44.6 Å². The average molecular weight is 545 g/mol. The Morgan fingerprint density at radius 2 is 2.00 bits per heavy atom. The molecule has 3 atom stereocenters. The van der Waals surface area contributed by atoms with E-state index in [1.165, 1.54) is 6.07 Å². The molecule has 2 aliphatic rings. The lowest BCUT2D eigenvalue weighted by atomic mass is 9.87. The lowest BCUT2D eigenvalue weighted by Crippen LogP contribution is -2.52. The summed E-state index contributed by atoms with van der Waals surface area (Å²) in [6.45, 7) is 2.96. The van der Waals surface area contributed by atoms with Gasteiger partial charge in [-0.25, -0.2) is 9.59 Å². The molecule has 1 unspecified atom stereocenters. The quantitative estimate of drug-likeness (QED) is 0.315. The van der Waals surface area contributed by atoms with Crippen LogP contribution < -0.4 is 16.0 Å². The van der Waals surface area contributed by atoms with Gasteiger partial charge in [0.25, 0.3) is 0 Å². The maximum absolute atomic E-state index is 13.4. The number of nitrogens with one attached hydrogen (secondary N) is 3. The van der Waals surface area contributed by atoms with Crippen LogP contribution in [-0.2, 0) is 15.7 Å². The topological polar surface area (TPSA) is 112 Å². The molecule has 0 aliphatic carbocycles. The van der Waals surface area contributed by atoms with Gasteiger partial charge < -0.3 is 35.4 Å². The monoisotopic (exact) mass is 544 g/mol. The number of carbonyl (C=O) groups excluding carboxylic acids is 1. The molecule has 2 aliphatic heterocycles. The minimum atomic E-state index is -4.50. The number of piperidine rings is 1. The van der Waals surface area contributed by atoms with Gasteiger partial charge in [-0.15, -0.1) is 0 Å². The molecular weight excluding hydrogens is 505 g/mol. The Morgan fingerprint density at radius 1 is 1.24 bits per heavy atom. The zero-order valence-electron chi connectivity index (χ0n) is 21.8. The summed E-state index contributed by atoms with van der Waals surface area (Å²) in [4.78, 5) is 25.8. The van der Waals surface area contributed by atoms with Crippen LogP contribution in [0.15, 0.2) is 24.3 Å². The van der Waals surface area contributed by atoms with Gasteiger partial charge >= 0.3 is 18.3 Å². The Morgan fingerprint density at radius 3 is 2.68 bits per heavy atom. The van der Waals surface area contributed by atoms with E-state index in [9.17, 15) is 22.8 Å². The molecule has 12 heteroatoms. The molecule has 0 saturated carbocycles. The maximum Gasteiger partial charge on any atom is 0.416 e. The number of carbonyl (C=O) groups is 2. The summed E-state index contributed by atoms with van der Waals surface area (Å²) in [6, 6.07) is 4.76. The van der Waals surface area contributed by atoms with Crippen LogP contribution in [0.1, 0.15) is 49.3 Å². The molecule has 0 radical (unpaired) electrons. The highest BCUT2D eigenvalue weighted by atomic mass is 19.4. The smallest absolute Gasteiger partial charge is 0.416 e. The van der Waals surface area contributed by atoms with Gasteiger partial charge in [-0.3, -0.25) is 0 Å². The van der Waals surface area contributed by atoms with Crippen LogP contribution in [0, 0.1) is 11.8 Å². The fourth-order valence-corrected chi connectivity index (χ4v) is 5.27. The van der Waals surface area contributed by atoms with Gasteiger partial charge in [0.2, 0.25) is 0 Å². The van der Waals surface area contributed by atoms with Crippen molar-refractivity contribution >= 4 is 12.1 Å². The lowest BCUT2D eigenvalue weighted by molar-refractivity contribution is -0.137. The fourth-order valence-electron chi connectivity index (χ4n) is 5.27. The average Bonchev–Trinajstić information content (AvgIpc) is 2.89. The Bertz CT molecular complexity index is 898. The summed E-state index contributed by atoms with van der Waals surface area (Å²) >= 11 is 0. The first kappa shape index (κ1) is 30.0. The summed E-state index contributed by atoms with van der Waals surface area (Å²) in [5, 5.41) is 17.3. The van der Waals surface area contributed by atoms with Crippen molar-refractivity contribution in [3.63, 3.8) is 0 Å². The van der Waals surface area contributed by atoms with Crippen molar-refractivity contribution in [1.29, 1.82) is 0 Å². The van der Waals surface area contributed by atoms with E-state index in [1.807, 2.05) is 7.05 Å². The summed E-state index contributed by atoms with van der Waals surface area (Å²) in [5.74, 6) is 0.232. The summed E-state index contributed by atoms with van der Waals surface area (Å²) in [5.41, 5.74) is -0.421. The summed E-state index contributed by atoms with van der Waals surface area (Å²) in [7, 11) is 1.84. The zero-order valence-corrected chi connectivity index (χ0v) is 21.8. The second-order valence-corrected chi connectivity index (χ2v) is 9.99. The molecule has 4 N–H and O–H groups in total. The number of likely N-dealkylation sites (tertiary alicyclic amines) is 1. The molecular formula is C26H39F3N4O5. The first-order valence-electron chi connectivity index (χ1n) is 13.2. The number of likely N-dealkylation sites (N-methyl/N-ethyl adjacent to an activating group) is 1. The van der Waals surface area contributed by atoms with Gasteiger partial charge in [0.15, 0.2) is 0 Å². The molecule has 2 fully saturated rings. The molecule has 9 nitrogen and oxygen atoms in total. The van der Waals surface area contributed by atoms with Crippen LogP contribution in [0.3, 0.4) is 0 Å². The number of carboxylic acid groups (broad SMARTS) is 1. The number of amides is 3. The normalized spacial score (nSPS) is 20.5. The van der Waals surface area contributed by atoms with Crippen molar-refractivity contribution in [2.75, 3.05) is 53.0 Å². The molecule has 0 bridgehead atoms. The van der Waals surface area contributed by atoms with Gasteiger partial charge in [-0.2, -0.15) is 13.2 Å². The van der Waals surface area contributed by atoms with Crippen molar-refractivity contribution in [2.45, 2.75) is 50.4 Å². The maximum atomic E-state index is 13.4. The molecule has 2 saturated heterocycles. The zero-order chi connectivity index (χ0) is 27.5. The number of hydrogen-bond donors (Lipinski definition) is 4. The molecule has 2 heterocycles. The Kier molecular flexibility index (Phi) is 11.5. The number of benzene rings is 1. The van der Waals surface area contributed by atoms with E-state index in [0.29, 0.717) is 44.0 Å². The van der Waals surface area contributed by atoms with E-state index < -0.39 is 23.9 Å². The highest BCUT2D eigenvalue weighted by Crippen LogP contribution is 2.36. The molecule has 3 rings (SSSR count). The highest BCUT2D eigenvalue weighted by molar-refractivity contribution is 5.74. The predicted molar refractivity (Wildman–Crippen MR) is 135 cm³/mol. The number of ether oxygens (including phenoxy) is 2. The number of nitrogens with zero attached hydrogens (tertiary/aromatic N) is 1. The number of halogens is 3. The standard InChI is InChI=1S/C26H39F3N4O5/c1-30-16-22(14-18-7-11-37-12-8-18)32-24(34)33-10-3-5-20(17-33)23(38-13-9-31-25(35)36)19-4-2-6-21(15-19)26(27,28)29/h2,4,6,15,18,20,22-23,30-31H,3,5,7-14,16-17H2,1H3,(H,32,34)(H,35,36)/t20-,22+,23?/m1/s1. The third-order valence-electron chi connectivity index (χ3n) is 7.13. The van der Waals surface area contributed by atoms with Gasteiger partial charge in [0.1, 0.15) is 0 Å². The molecule has 38 heavy (non-hydrogen) atoms. The largest absolute Gasteiger partial charge is 0.465 e. The van der Waals surface area contributed by atoms with Crippen LogP contribution in [0.5, 0.6) is 0 Å². The minimum absolute atomic E-state index is 0.000377. The third kappa shape index (κ3) is 9.32.